The molecule has 0 fully saturated rings. The number of aromatic nitrogens is 3. The van der Waals surface area contributed by atoms with Crippen LogP contribution >= 0.6 is 11.3 Å². The number of hydrogen-bond acceptors (Lipinski definition) is 6. The highest BCUT2D eigenvalue weighted by Gasteiger charge is 2.14. The van der Waals surface area contributed by atoms with Crippen LogP contribution in [0.4, 0.5) is 5.82 Å². The van der Waals surface area contributed by atoms with Crippen molar-refractivity contribution < 1.29 is 9.47 Å². The fourth-order valence-corrected chi connectivity index (χ4v) is 3.36. The van der Waals surface area contributed by atoms with Crippen molar-refractivity contribution in [3.05, 3.63) is 30.3 Å². The molecule has 1 aliphatic heterocycles. The normalized spacial score (nSPS) is 13.8. The van der Waals surface area contributed by atoms with Crippen LogP contribution in [0.3, 0.4) is 0 Å². The van der Waals surface area contributed by atoms with Crippen molar-refractivity contribution >= 4 is 17.2 Å². The van der Waals surface area contributed by atoms with Crippen LogP contribution in [0.5, 0.6) is 11.5 Å². The van der Waals surface area contributed by atoms with Gasteiger partial charge in [-0.2, -0.15) is 10.3 Å². The van der Waals surface area contributed by atoms with Gasteiger partial charge in [0.1, 0.15) is 5.69 Å². The lowest BCUT2D eigenvalue weighted by atomic mass is 10.1. The third kappa shape index (κ3) is 2.29. The molecule has 3 heterocycles. The summed E-state index contributed by atoms with van der Waals surface area (Å²) in [5, 5.41) is 10.5. The highest BCUT2D eigenvalue weighted by atomic mass is 32.1. The van der Waals surface area contributed by atoms with Gasteiger partial charge in [0.25, 0.3) is 0 Å². The molecule has 0 aliphatic carbocycles. The van der Waals surface area contributed by atoms with Gasteiger partial charge in [0.05, 0.1) is 18.1 Å². The van der Waals surface area contributed by atoms with E-state index in [-0.39, 0.29) is 0 Å². The fourth-order valence-electron chi connectivity index (χ4n) is 2.36. The van der Waals surface area contributed by atoms with Gasteiger partial charge in [-0.15, -0.1) is 16.4 Å². The first-order valence-electron chi connectivity index (χ1n) is 6.98. The Morgan fingerprint density at radius 2 is 1.82 bits per heavy atom. The smallest absolute Gasteiger partial charge is 0.174 e. The van der Waals surface area contributed by atoms with Gasteiger partial charge in [-0.1, -0.05) is 0 Å². The van der Waals surface area contributed by atoms with Gasteiger partial charge >= 0.3 is 0 Å². The van der Waals surface area contributed by atoms with E-state index in [4.69, 9.17) is 15.2 Å². The largest absolute Gasteiger partial charge is 0.490 e. The monoisotopic (exact) mass is 314 g/mol. The molecule has 0 atom stereocenters. The third-order valence-corrected chi connectivity index (χ3v) is 4.59. The number of benzene rings is 1. The minimum Gasteiger partial charge on any atom is -0.490 e. The molecule has 0 saturated carbocycles. The highest BCUT2D eigenvalue weighted by Crippen LogP contribution is 2.39. The molecular formula is C15H14N4O2S. The van der Waals surface area contributed by atoms with E-state index in [1.54, 1.807) is 11.3 Å². The molecule has 1 aromatic carbocycles. The fraction of sp³-hybridized carbons (Fsp3) is 0.200. The summed E-state index contributed by atoms with van der Waals surface area (Å²) in [7, 11) is 0. The number of aromatic amines is 1. The zero-order valence-corrected chi connectivity index (χ0v) is 12.5. The van der Waals surface area contributed by atoms with Crippen molar-refractivity contribution in [3.63, 3.8) is 0 Å². The zero-order valence-electron chi connectivity index (χ0n) is 11.7. The molecule has 0 amide bonds. The Hall–Kier alpha value is -2.54. The van der Waals surface area contributed by atoms with Crippen LogP contribution in [-0.2, 0) is 0 Å². The summed E-state index contributed by atoms with van der Waals surface area (Å²) in [6, 6.07) is 10.1. The van der Waals surface area contributed by atoms with Crippen LogP contribution < -0.4 is 15.2 Å². The molecule has 6 nitrogen and oxygen atoms in total. The molecule has 7 heteroatoms. The Kier molecular flexibility index (Phi) is 3.19. The van der Waals surface area contributed by atoms with E-state index in [0.717, 1.165) is 33.2 Å². The Bertz CT molecular complexity index is 811. The number of nitrogens with one attached hydrogen (secondary N) is 1. The molecule has 0 bridgehead atoms. The number of nitrogens with zero attached hydrogens (tertiary/aromatic N) is 2. The summed E-state index contributed by atoms with van der Waals surface area (Å²) in [5.41, 5.74) is 7.57. The van der Waals surface area contributed by atoms with Crippen molar-refractivity contribution in [1.29, 1.82) is 0 Å². The van der Waals surface area contributed by atoms with Crippen molar-refractivity contribution in [2.45, 2.75) is 6.42 Å². The van der Waals surface area contributed by atoms with E-state index in [0.29, 0.717) is 24.7 Å². The van der Waals surface area contributed by atoms with Gasteiger partial charge < -0.3 is 15.2 Å². The third-order valence-electron chi connectivity index (χ3n) is 3.45. The van der Waals surface area contributed by atoms with Crippen molar-refractivity contribution in [1.82, 2.24) is 15.4 Å². The molecule has 112 valence electrons. The molecule has 22 heavy (non-hydrogen) atoms. The standard InChI is InChI=1S/C15H14N4O2S/c16-15-14(17-19-18-15)13-5-4-12(22-13)9-2-3-10-11(8-9)21-7-1-6-20-10/h2-5,8H,1,6-7H2,(H3,16,17,18,19). The van der Waals surface area contributed by atoms with E-state index in [1.807, 2.05) is 30.3 Å². The van der Waals surface area contributed by atoms with Crippen LogP contribution in [-0.4, -0.2) is 28.6 Å². The lowest BCUT2D eigenvalue weighted by Crippen LogP contribution is -1.97. The molecule has 3 N–H and O–H groups in total. The van der Waals surface area contributed by atoms with Gasteiger partial charge in [0, 0.05) is 11.3 Å². The highest BCUT2D eigenvalue weighted by molar-refractivity contribution is 7.18. The minimum absolute atomic E-state index is 0.409. The number of hydrogen-bond donors (Lipinski definition) is 2. The Morgan fingerprint density at radius 1 is 1.00 bits per heavy atom. The second kappa shape index (κ2) is 5.34. The molecule has 0 radical (unpaired) electrons. The molecule has 3 aromatic rings. The van der Waals surface area contributed by atoms with Crippen molar-refractivity contribution in [3.8, 4) is 32.5 Å². The van der Waals surface area contributed by atoms with Crippen molar-refractivity contribution in [2.24, 2.45) is 0 Å². The summed E-state index contributed by atoms with van der Waals surface area (Å²) < 4.78 is 11.4. The van der Waals surface area contributed by atoms with Crippen LogP contribution in [0.1, 0.15) is 6.42 Å². The lowest BCUT2D eigenvalue weighted by Gasteiger charge is -2.08. The Morgan fingerprint density at radius 3 is 2.64 bits per heavy atom. The van der Waals surface area contributed by atoms with Gasteiger partial charge in [-0.3, -0.25) is 0 Å². The zero-order chi connectivity index (χ0) is 14.9. The number of nitrogen functional groups attached to an aromatic ring is 1. The number of fused-ring (bicyclic) bond motifs is 1. The maximum absolute atomic E-state index is 5.79. The molecule has 0 spiro atoms. The van der Waals surface area contributed by atoms with Crippen LogP contribution in [0, 0.1) is 0 Å². The first-order valence-corrected chi connectivity index (χ1v) is 7.79. The second-order valence-corrected chi connectivity index (χ2v) is 6.02. The Labute approximate surface area is 130 Å². The number of nitrogens with two attached hydrogens (primary N) is 1. The van der Waals surface area contributed by atoms with E-state index in [1.165, 1.54) is 0 Å². The quantitative estimate of drug-likeness (QED) is 0.759. The predicted molar refractivity (Wildman–Crippen MR) is 85.2 cm³/mol. The molecule has 2 aromatic heterocycles. The topological polar surface area (TPSA) is 86.1 Å². The summed E-state index contributed by atoms with van der Waals surface area (Å²) in [6.45, 7) is 1.38. The summed E-state index contributed by atoms with van der Waals surface area (Å²) >= 11 is 1.61. The molecule has 4 rings (SSSR count). The van der Waals surface area contributed by atoms with E-state index in [9.17, 15) is 0 Å². The van der Waals surface area contributed by atoms with Gasteiger partial charge in [0.2, 0.25) is 0 Å². The van der Waals surface area contributed by atoms with Gasteiger partial charge in [0.15, 0.2) is 17.3 Å². The van der Waals surface area contributed by atoms with Crippen molar-refractivity contribution in [2.75, 3.05) is 18.9 Å². The first-order chi connectivity index (χ1) is 10.8. The van der Waals surface area contributed by atoms with Gasteiger partial charge in [-0.25, -0.2) is 0 Å². The Balaban J connectivity index is 1.69. The average molecular weight is 314 g/mol. The average Bonchev–Trinajstić information content (AvgIpc) is 3.10. The molecule has 0 unspecified atom stereocenters. The summed E-state index contributed by atoms with van der Waals surface area (Å²) in [5.74, 6) is 2.01. The van der Waals surface area contributed by atoms with Crippen LogP contribution in [0.15, 0.2) is 30.3 Å². The molecular weight excluding hydrogens is 300 g/mol. The van der Waals surface area contributed by atoms with E-state index < -0.39 is 0 Å². The first kappa shape index (κ1) is 13.1. The maximum Gasteiger partial charge on any atom is 0.174 e. The number of rotatable bonds is 2. The molecule has 1 aliphatic rings. The van der Waals surface area contributed by atoms with Crippen LogP contribution in [0.25, 0.3) is 21.0 Å². The van der Waals surface area contributed by atoms with Gasteiger partial charge in [-0.05, 0) is 35.9 Å². The van der Waals surface area contributed by atoms with E-state index in [2.05, 4.69) is 15.4 Å². The maximum atomic E-state index is 5.79. The number of ether oxygens (including phenoxy) is 2. The van der Waals surface area contributed by atoms with E-state index >= 15 is 0 Å². The summed E-state index contributed by atoms with van der Waals surface area (Å²) in [4.78, 5) is 2.10. The second-order valence-electron chi connectivity index (χ2n) is 4.93. The number of anilines is 1. The minimum atomic E-state index is 0.409. The predicted octanol–water partition coefficient (Wildman–Crippen LogP) is 2.94. The number of thiophene rings is 1. The SMILES string of the molecule is Nc1n[nH]nc1-c1ccc(-c2ccc3c(c2)OCCCO3)s1. The summed E-state index contributed by atoms with van der Waals surface area (Å²) in [6.07, 6.45) is 0.901. The lowest BCUT2D eigenvalue weighted by molar-refractivity contribution is 0.297. The van der Waals surface area contributed by atoms with Crippen LogP contribution in [0.2, 0.25) is 0 Å². The molecule has 0 saturated heterocycles. The number of H-pyrrole nitrogens is 1.